The van der Waals surface area contributed by atoms with Crippen LogP contribution in [0.2, 0.25) is 10.0 Å². The van der Waals surface area contributed by atoms with Gasteiger partial charge < -0.3 is 10.0 Å². The Hall–Kier alpha value is -0.710. The highest BCUT2D eigenvalue weighted by Gasteiger charge is 2.30. The molecule has 0 spiro atoms. The van der Waals surface area contributed by atoms with Crippen LogP contribution in [0, 0.1) is 5.92 Å². The standard InChI is InChI=1S/C20H25Cl2NOS/c1-14(12-23(3)4)20(2,24)16-6-9-18(10-7-16)25-13-15-5-8-17(21)11-19(15)22/h5-11,14,24H,12-13H2,1-4H3. The summed E-state index contributed by atoms with van der Waals surface area (Å²) in [7, 11) is 4.04. The molecule has 2 rings (SSSR count). The van der Waals surface area contributed by atoms with Crippen molar-refractivity contribution >= 4 is 35.0 Å². The summed E-state index contributed by atoms with van der Waals surface area (Å²) in [6.07, 6.45) is 0. The first-order chi connectivity index (χ1) is 11.7. The lowest BCUT2D eigenvalue weighted by molar-refractivity contribution is -0.00781. The van der Waals surface area contributed by atoms with Gasteiger partial charge in [-0.25, -0.2) is 0 Å². The molecule has 0 fully saturated rings. The van der Waals surface area contributed by atoms with E-state index in [2.05, 4.69) is 24.0 Å². The zero-order chi connectivity index (χ0) is 18.6. The molecule has 0 heterocycles. The van der Waals surface area contributed by atoms with Crippen molar-refractivity contribution in [3.8, 4) is 0 Å². The first kappa shape index (κ1) is 20.6. The molecule has 0 bridgehead atoms. The van der Waals surface area contributed by atoms with E-state index in [9.17, 15) is 5.11 Å². The molecule has 0 aliphatic carbocycles. The molecule has 0 radical (unpaired) electrons. The van der Waals surface area contributed by atoms with Gasteiger partial charge in [0.2, 0.25) is 0 Å². The maximum absolute atomic E-state index is 10.9. The molecule has 0 saturated heterocycles. The van der Waals surface area contributed by atoms with Crippen LogP contribution >= 0.6 is 35.0 Å². The minimum Gasteiger partial charge on any atom is -0.385 e. The van der Waals surface area contributed by atoms with Gasteiger partial charge in [-0.3, -0.25) is 0 Å². The van der Waals surface area contributed by atoms with E-state index in [1.165, 1.54) is 0 Å². The second kappa shape index (κ2) is 8.79. The van der Waals surface area contributed by atoms with E-state index >= 15 is 0 Å². The normalized spacial score (nSPS) is 15.2. The third-order valence-electron chi connectivity index (χ3n) is 4.45. The van der Waals surface area contributed by atoms with E-state index in [1.807, 2.05) is 45.3 Å². The molecule has 0 amide bonds. The third-order valence-corrected chi connectivity index (χ3v) is 6.09. The van der Waals surface area contributed by atoms with Gasteiger partial charge in [0.25, 0.3) is 0 Å². The summed E-state index contributed by atoms with van der Waals surface area (Å²) in [5.41, 5.74) is 1.15. The van der Waals surface area contributed by atoms with Gasteiger partial charge in [-0.1, -0.05) is 48.3 Å². The van der Waals surface area contributed by atoms with Crippen LogP contribution in [0.5, 0.6) is 0 Å². The molecule has 25 heavy (non-hydrogen) atoms. The van der Waals surface area contributed by atoms with Crippen molar-refractivity contribution in [2.24, 2.45) is 5.92 Å². The van der Waals surface area contributed by atoms with Crippen molar-refractivity contribution in [1.82, 2.24) is 4.90 Å². The molecule has 2 nitrogen and oxygen atoms in total. The summed E-state index contributed by atoms with van der Waals surface area (Å²) in [5.74, 6) is 0.914. The molecular formula is C20H25Cl2NOS. The summed E-state index contributed by atoms with van der Waals surface area (Å²) in [4.78, 5) is 3.24. The molecule has 0 saturated carbocycles. The number of thioether (sulfide) groups is 1. The van der Waals surface area contributed by atoms with Gasteiger partial charge in [0.05, 0.1) is 5.60 Å². The van der Waals surface area contributed by atoms with Crippen molar-refractivity contribution < 1.29 is 5.11 Å². The molecule has 2 atom stereocenters. The van der Waals surface area contributed by atoms with Crippen molar-refractivity contribution in [3.05, 3.63) is 63.6 Å². The zero-order valence-corrected chi connectivity index (χ0v) is 17.4. The Morgan fingerprint density at radius 3 is 2.32 bits per heavy atom. The fourth-order valence-corrected chi connectivity index (χ4v) is 4.16. The second-order valence-electron chi connectivity index (χ2n) is 6.86. The number of hydrogen-bond donors (Lipinski definition) is 1. The molecular weight excluding hydrogens is 373 g/mol. The Morgan fingerprint density at radius 2 is 1.76 bits per heavy atom. The van der Waals surface area contributed by atoms with Gasteiger partial charge in [0.15, 0.2) is 0 Å². The van der Waals surface area contributed by atoms with Crippen molar-refractivity contribution in [3.63, 3.8) is 0 Å². The summed E-state index contributed by atoms with van der Waals surface area (Å²) in [6.45, 7) is 4.79. The van der Waals surface area contributed by atoms with Crippen LogP contribution in [0.4, 0.5) is 0 Å². The van der Waals surface area contributed by atoms with Gasteiger partial charge in [-0.05, 0) is 56.4 Å². The largest absolute Gasteiger partial charge is 0.385 e. The molecule has 2 aromatic rings. The zero-order valence-electron chi connectivity index (χ0n) is 15.1. The van der Waals surface area contributed by atoms with Crippen LogP contribution in [0.15, 0.2) is 47.4 Å². The van der Waals surface area contributed by atoms with E-state index in [0.29, 0.717) is 10.0 Å². The first-order valence-electron chi connectivity index (χ1n) is 8.24. The number of rotatable bonds is 7. The van der Waals surface area contributed by atoms with E-state index in [1.54, 1.807) is 17.8 Å². The third kappa shape index (κ3) is 5.63. The van der Waals surface area contributed by atoms with Crippen LogP contribution in [-0.4, -0.2) is 30.6 Å². The van der Waals surface area contributed by atoms with Gasteiger partial charge >= 0.3 is 0 Å². The highest BCUT2D eigenvalue weighted by molar-refractivity contribution is 7.98. The highest BCUT2D eigenvalue weighted by Crippen LogP contribution is 2.33. The van der Waals surface area contributed by atoms with Crippen LogP contribution in [0.25, 0.3) is 0 Å². The Balaban J connectivity index is 2.04. The lowest BCUT2D eigenvalue weighted by Crippen LogP contribution is -2.36. The number of nitrogens with zero attached hydrogens (tertiary/aromatic N) is 1. The van der Waals surface area contributed by atoms with Gasteiger partial charge in [-0.2, -0.15) is 0 Å². The van der Waals surface area contributed by atoms with Crippen molar-refractivity contribution in [2.75, 3.05) is 20.6 Å². The lowest BCUT2D eigenvalue weighted by atomic mass is 9.84. The van der Waals surface area contributed by atoms with Gasteiger partial charge in [-0.15, -0.1) is 11.8 Å². The SMILES string of the molecule is CC(CN(C)C)C(C)(O)c1ccc(SCc2ccc(Cl)cc2Cl)cc1. The smallest absolute Gasteiger partial charge is 0.0906 e. The first-order valence-corrected chi connectivity index (χ1v) is 9.98. The summed E-state index contributed by atoms with van der Waals surface area (Å²) in [6, 6.07) is 13.7. The predicted molar refractivity (Wildman–Crippen MR) is 110 cm³/mol. The minimum absolute atomic E-state index is 0.133. The maximum atomic E-state index is 10.9. The number of halogens is 2. The molecule has 2 unspecified atom stereocenters. The summed E-state index contributed by atoms with van der Waals surface area (Å²) in [5, 5.41) is 12.2. The fourth-order valence-electron chi connectivity index (χ4n) is 2.70. The Labute approximate surface area is 165 Å². The Morgan fingerprint density at radius 1 is 1.12 bits per heavy atom. The molecule has 136 valence electrons. The van der Waals surface area contributed by atoms with Crippen molar-refractivity contribution in [1.29, 1.82) is 0 Å². The monoisotopic (exact) mass is 397 g/mol. The quantitative estimate of drug-likeness (QED) is 0.606. The molecule has 0 aromatic heterocycles. The van der Waals surface area contributed by atoms with E-state index in [0.717, 1.165) is 28.3 Å². The van der Waals surface area contributed by atoms with Crippen molar-refractivity contribution in [2.45, 2.75) is 30.1 Å². The maximum Gasteiger partial charge on any atom is 0.0906 e. The second-order valence-corrected chi connectivity index (χ2v) is 8.75. The lowest BCUT2D eigenvalue weighted by Gasteiger charge is -2.32. The Bertz CT molecular complexity index is 701. The van der Waals surface area contributed by atoms with E-state index in [-0.39, 0.29) is 5.92 Å². The number of hydrogen-bond acceptors (Lipinski definition) is 3. The van der Waals surface area contributed by atoms with Crippen LogP contribution in [-0.2, 0) is 11.4 Å². The predicted octanol–water partition coefficient (Wildman–Crippen LogP) is 5.69. The van der Waals surface area contributed by atoms with Gasteiger partial charge in [0, 0.05) is 33.2 Å². The highest BCUT2D eigenvalue weighted by atomic mass is 35.5. The number of benzene rings is 2. The average molecular weight is 398 g/mol. The van der Waals surface area contributed by atoms with Gasteiger partial charge in [0.1, 0.15) is 0 Å². The van der Waals surface area contributed by atoms with E-state index in [4.69, 9.17) is 23.2 Å². The molecule has 1 N–H and O–H groups in total. The molecule has 5 heteroatoms. The molecule has 0 aliphatic heterocycles. The Kier molecular flexibility index (Phi) is 7.24. The average Bonchev–Trinajstić information content (AvgIpc) is 2.54. The number of aliphatic hydroxyl groups is 1. The summed E-state index contributed by atoms with van der Waals surface area (Å²) >= 11 is 13.9. The minimum atomic E-state index is -0.854. The molecule has 2 aromatic carbocycles. The molecule has 0 aliphatic rings. The fraction of sp³-hybridized carbons (Fsp3) is 0.400. The van der Waals surface area contributed by atoms with E-state index < -0.39 is 5.60 Å². The van der Waals surface area contributed by atoms with Crippen LogP contribution in [0.3, 0.4) is 0 Å². The summed E-state index contributed by atoms with van der Waals surface area (Å²) < 4.78 is 0. The van der Waals surface area contributed by atoms with Crippen LogP contribution < -0.4 is 0 Å². The topological polar surface area (TPSA) is 23.5 Å². The van der Waals surface area contributed by atoms with Crippen LogP contribution in [0.1, 0.15) is 25.0 Å².